The lowest BCUT2D eigenvalue weighted by Gasteiger charge is -2.28. The number of thiophene rings is 1. The highest BCUT2D eigenvalue weighted by Gasteiger charge is 2.25. The highest BCUT2D eigenvalue weighted by atomic mass is 32.1. The fourth-order valence-corrected chi connectivity index (χ4v) is 4.23. The van der Waals surface area contributed by atoms with Crippen LogP contribution in [0.2, 0.25) is 0 Å². The predicted molar refractivity (Wildman–Crippen MR) is 115 cm³/mol. The fraction of sp³-hybridized carbons (Fsp3) is 0.435. The molecule has 1 aromatic carbocycles. The first-order valence-electron chi connectivity index (χ1n) is 9.92. The Hall–Kier alpha value is -2.11. The van der Waals surface area contributed by atoms with E-state index < -0.39 is 0 Å². The van der Waals surface area contributed by atoms with E-state index in [1.54, 1.807) is 24.5 Å². The molecule has 0 radical (unpaired) electrons. The molecule has 1 aromatic heterocycles. The third-order valence-electron chi connectivity index (χ3n) is 5.00. The summed E-state index contributed by atoms with van der Waals surface area (Å²) in [4.78, 5) is 16.1. The number of methoxy groups -OCH3 is 1. The summed E-state index contributed by atoms with van der Waals surface area (Å²) >= 11 is 1.64. The molecule has 5 heteroatoms. The van der Waals surface area contributed by atoms with Crippen molar-refractivity contribution in [1.29, 1.82) is 0 Å². The summed E-state index contributed by atoms with van der Waals surface area (Å²) in [6.07, 6.45) is 8.23. The molecular weight excluding hydrogens is 370 g/mol. The summed E-state index contributed by atoms with van der Waals surface area (Å²) in [5, 5.41) is 2.02. The van der Waals surface area contributed by atoms with E-state index in [0.29, 0.717) is 19.2 Å². The van der Waals surface area contributed by atoms with Gasteiger partial charge in [0, 0.05) is 30.6 Å². The molecule has 1 heterocycles. The first-order valence-corrected chi connectivity index (χ1v) is 10.8. The molecular formula is C23H29NO3S. The molecule has 0 N–H and O–H groups in total. The molecule has 1 aliphatic carbocycles. The molecule has 0 spiro atoms. The molecule has 2 aromatic rings. The maximum absolute atomic E-state index is 12.9. The van der Waals surface area contributed by atoms with Gasteiger partial charge >= 0.3 is 0 Å². The van der Waals surface area contributed by atoms with Crippen LogP contribution in [0, 0.1) is 0 Å². The molecule has 1 aliphatic rings. The topological polar surface area (TPSA) is 38.8 Å². The van der Waals surface area contributed by atoms with Crippen molar-refractivity contribution in [3.05, 3.63) is 58.3 Å². The first kappa shape index (κ1) is 20.6. The van der Waals surface area contributed by atoms with E-state index in [1.807, 2.05) is 59.7 Å². The maximum atomic E-state index is 12.9. The van der Waals surface area contributed by atoms with Crippen molar-refractivity contribution in [2.75, 3.05) is 13.7 Å². The van der Waals surface area contributed by atoms with Gasteiger partial charge in [-0.2, -0.15) is 0 Å². The summed E-state index contributed by atoms with van der Waals surface area (Å²) in [5.41, 5.74) is 1.12. The second-order valence-corrected chi connectivity index (χ2v) is 8.26. The molecule has 4 nitrogen and oxygen atoms in total. The SMILES string of the molecule is COCC(C)Oc1ccc(CN(C(=O)/C=C/c2cccs2)C2CCCC2)cc1. The Morgan fingerprint density at radius 1 is 1.25 bits per heavy atom. The van der Waals surface area contributed by atoms with Crippen LogP contribution in [0.4, 0.5) is 0 Å². The van der Waals surface area contributed by atoms with Crippen molar-refractivity contribution in [2.45, 2.75) is 51.3 Å². The third-order valence-corrected chi connectivity index (χ3v) is 5.83. The van der Waals surface area contributed by atoms with Crippen LogP contribution in [-0.2, 0) is 16.1 Å². The lowest BCUT2D eigenvalue weighted by Crippen LogP contribution is -2.37. The van der Waals surface area contributed by atoms with Crippen LogP contribution in [0.25, 0.3) is 6.08 Å². The lowest BCUT2D eigenvalue weighted by molar-refractivity contribution is -0.128. The molecule has 1 fully saturated rings. The maximum Gasteiger partial charge on any atom is 0.247 e. The van der Waals surface area contributed by atoms with Crippen molar-refractivity contribution in [3.63, 3.8) is 0 Å². The predicted octanol–water partition coefficient (Wildman–Crippen LogP) is 5.15. The molecule has 28 heavy (non-hydrogen) atoms. The Kier molecular flexibility index (Phi) is 7.69. The van der Waals surface area contributed by atoms with E-state index in [9.17, 15) is 4.79 Å². The normalized spacial score (nSPS) is 15.8. The summed E-state index contributed by atoms with van der Waals surface area (Å²) in [6, 6.07) is 12.4. The minimum Gasteiger partial charge on any atom is -0.488 e. The zero-order chi connectivity index (χ0) is 19.8. The van der Waals surface area contributed by atoms with Crippen LogP contribution in [0.3, 0.4) is 0 Å². The smallest absolute Gasteiger partial charge is 0.247 e. The van der Waals surface area contributed by atoms with Crippen LogP contribution in [0.1, 0.15) is 43.0 Å². The number of ether oxygens (including phenoxy) is 2. The van der Waals surface area contributed by atoms with Crippen molar-refractivity contribution in [2.24, 2.45) is 0 Å². The molecule has 0 aliphatic heterocycles. The van der Waals surface area contributed by atoms with Gasteiger partial charge in [0.15, 0.2) is 0 Å². The Bertz CT molecular complexity index is 749. The quantitative estimate of drug-likeness (QED) is 0.548. The van der Waals surface area contributed by atoms with Crippen LogP contribution in [-0.4, -0.2) is 36.7 Å². The molecule has 1 unspecified atom stereocenters. The van der Waals surface area contributed by atoms with Gasteiger partial charge in [0.25, 0.3) is 0 Å². The second kappa shape index (κ2) is 10.4. The number of carbonyl (C=O) groups excluding carboxylic acids is 1. The van der Waals surface area contributed by atoms with Gasteiger partial charge in [-0.25, -0.2) is 0 Å². The van der Waals surface area contributed by atoms with E-state index in [4.69, 9.17) is 9.47 Å². The number of amides is 1. The molecule has 1 saturated carbocycles. The standard InChI is InChI=1S/C23H29NO3S/c1-18(17-26-2)27-21-11-9-19(10-12-21)16-24(20-6-3-4-7-20)23(25)14-13-22-8-5-15-28-22/h5,8-15,18,20H,3-4,6-7,16-17H2,1-2H3/b14-13+. The number of hydrogen-bond acceptors (Lipinski definition) is 4. The van der Waals surface area contributed by atoms with Gasteiger partial charge in [0.2, 0.25) is 5.91 Å². The first-order chi connectivity index (χ1) is 13.7. The van der Waals surface area contributed by atoms with E-state index in [1.165, 1.54) is 12.8 Å². The van der Waals surface area contributed by atoms with Gasteiger partial charge in [0.1, 0.15) is 11.9 Å². The minimum absolute atomic E-state index is 0.00908. The molecule has 1 amide bonds. The van der Waals surface area contributed by atoms with Gasteiger partial charge in [-0.1, -0.05) is 31.0 Å². The van der Waals surface area contributed by atoms with E-state index in [2.05, 4.69) is 0 Å². The monoisotopic (exact) mass is 399 g/mol. The Labute approximate surface area is 171 Å². The van der Waals surface area contributed by atoms with Gasteiger partial charge in [-0.15, -0.1) is 11.3 Å². The average Bonchev–Trinajstić information content (AvgIpc) is 3.39. The summed E-state index contributed by atoms with van der Waals surface area (Å²) < 4.78 is 10.9. The number of benzene rings is 1. The number of nitrogens with zero attached hydrogens (tertiary/aromatic N) is 1. The van der Waals surface area contributed by atoms with Gasteiger partial charge in [0.05, 0.1) is 6.61 Å². The Morgan fingerprint density at radius 2 is 2.00 bits per heavy atom. The second-order valence-electron chi connectivity index (χ2n) is 7.28. The average molecular weight is 400 g/mol. The third kappa shape index (κ3) is 5.94. The van der Waals surface area contributed by atoms with Crippen molar-refractivity contribution in [3.8, 4) is 5.75 Å². The van der Waals surface area contributed by atoms with Gasteiger partial charge < -0.3 is 14.4 Å². The van der Waals surface area contributed by atoms with Crippen LogP contribution in [0.5, 0.6) is 5.75 Å². The molecule has 1 atom stereocenters. The van der Waals surface area contributed by atoms with Crippen LogP contribution < -0.4 is 4.74 Å². The minimum atomic E-state index is 0.00908. The fourth-order valence-electron chi connectivity index (χ4n) is 3.61. The zero-order valence-corrected chi connectivity index (χ0v) is 17.5. The van der Waals surface area contributed by atoms with Crippen molar-refractivity contribution < 1.29 is 14.3 Å². The highest BCUT2D eigenvalue weighted by molar-refractivity contribution is 7.10. The summed E-state index contributed by atoms with van der Waals surface area (Å²) in [6.45, 7) is 3.17. The van der Waals surface area contributed by atoms with Crippen LogP contribution in [0.15, 0.2) is 47.9 Å². The van der Waals surface area contributed by atoms with E-state index in [-0.39, 0.29) is 12.0 Å². The molecule has 0 saturated heterocycles. The summed E-state index contributed by atoms with van der Waals surface area (Å²) in [5.74, 6) is 0.916. The van der Waals surface area contributed by atoms with Crippen molar-refractivity contribution in [1.82, 2.24) is 4.90 Å². The number of carbonyl (C=O) groups is 1. The molecule has 150 valence electrons. The zero-order valence-electron chi connectivity index (χ0n) is 16.7. The van der Waals surface area contributed by atoms with Gasteiger partial charge in [-0.3, -0.25) is 4.79 Å². The lowest BCUT2D eigenvalue weighted by atomic mass is 10.1. The Morgan fingerprint density at radius 3 is 2.64 bits per heavy atom. The highest BCUT2D eigenvalue weighted by Crippen LogP contribution is 2.26. The van der Waals surface area contributed by atoms with E-state index >= 15 is 0 Å². The number of rotatable bonds is 9. The summed E-state index contributed by atoms with van der Waals surface area (Å²) in [7, 11) is 1.67. The van der Waals surface area contributed by atoms with Crippen LogP contribution >= 0.6 is 11.3 Å². The van der Waals surface area contributed by atoms with Crippen molar-refractivity contribution >= 4 is 23.3 Å². The van der Waals surface area contributed by atoms with Gasteiger partial charge in [-0.05, 0) is 55.0 Å². The number of hydrogen-bond donors (Lipinski definition) is 0. The van der Waals surface area contributed by atoms with E-state index in [0.717, 1.165) is 29.0 Å². The molecule has 3 rings (SSSR count). The largest absolute Gasteiger partial charge is 0.488 e. The molecule has 0 bridgehead atoms. The Balaban J connectivity index is 1.66.